The van der Waals surface area contributed by atoms with Gasteiger partial charge in [-0.15, -0.1) is 11.3 Å². The lowest BCUT2D eigenvalue weighted by Gasteiger charge is -2.32. The van der Waals surface area contributed by atoms with E-state index >= 15 is 0 Å². The van der Waals surface area contributed by atoms with Crippen LogP contribution in [0.2, 0.25) is 0 Å². The van der Waals surface area contributed by atoms with E-state index in [0.717, 1.165) is 38.8 Å². The van der Waals surface area contributed by atoms with Gasteiger partial charge in [-0.2, -0.15) is 5.10 Å². The minimum atomic E-state index is 0.162. The highest BCUT2D eigenvalue weighted by Gasteiger charge is 2.47. The molecule has 3 heterocycles. The normalized spacial score (nSPS) is 26.6. The molecule has 0 bridgehead atoms. The van der Waals surface area contributed by atoms with E-state index in [9.17, 15) is 4.79 Å². The summed E-state index contributed by atoms with van der Waals surface area (Å²) in [6, 6.07) is 0. The van der Waals surface area contributed by atoms with Crippen molar-refractivity contribution in [3.05, 3.63) is 34.0 Å². The second kappa shape index (κ2) is 6.31. The van der Waals surface area contributed by atoms with E-state index in [-0.39, 0.29) is 5.92 Å². The largest absolute Gasteiger partial charge is 0.342 e. The number of nitrogens with zero attached hydrogens (tertiary/aromatic N) is 4. The van der Waals surface area contributed by atoms with Gasteiger partial charge in [0.2, 0.25) is 5.91 Å². The topological polar surface area (TPSA) is 51.0 Å². The van der Waals surface area contributed by atoms with Crippen LogP contribution in [0.4, 0.5) is 0 Å². The van der Waals surface area contributed by atoms with Crippen LogP contribution in [-0.4, -0.2) is 38.7 Å². The summed E-state index contributed by atoms with van der Waals surface area (Å²) in [6.07, 6.45) is 8.14. The molecule has 0 radical (unpaired) electrons. The van der Waals surface area contributed by atoms with Gasteiger partial charge in [-0.1, -0.05) is 6.92 Å². The molecule has 24 heavy (non-hydrogen) atoms. The molecule has 0 N–H and O–H groups in total. The quantitative estimate of drug-likeness (QED) is 0.857. The molecule has 0 spiro atoms. The van der Waals surface area contributed by atoms with Gasteiger partial charge in [0.25, 0.3) is 0 Å². The van der Waals surface area contributed by atoms with Crippen molar-refractivity contribution in [3.63, 3.8) is 0 Å². The molecular weight excluding hydrogens is 320 g/mol. The molecule has 2 aliphatic rings. The summed E-state index contributed by atoms with van der Waals surface area (Å²) in [4.78, 5) is 19.7. The van der Waals surface area contributed by atoms with Gasteiger partial charge >= 0.3 is 0 Å². The summed E-state index contributed by atoms with van der Waals surface area (Å²) in [7, 11) is 1.93. The number of aryl methyl sites for hydroxylation is 2. The first-order valence-electron chi connectivity index (χ1n) is 8.87. The van der Waals surface area contributed by atoms with Crippen LogP contribution < -0.4 is 0 Å². The Bertz CT molecular complexity index is 737. The van der Waals surface area contributed by atoms with Gasteiger partial charge in [0.15, 0.2) is 0 Å². The Morgan fingerprint density at radius 3 is 3.04 bits per heavy atom. The first kappa shape index (κ1) is 15.8. The predicted octanol–water partition coefficient (Wildman–Crippen LogP) is 2.95. The molecule has 1 saturated carbocycles. The number of aromatic nitrogens is 3. The zero-order valence-electron chi connectivity index (χ0n) is 14.3. The number of piperidine rings is 1. The van der Waals surface area contributed by atoms with Crippen molar-refractivity contribution in [2.45, 2.75) is 44.4 Å². The molecule has 0 unspecified atom stereocenters. The Kier molecular flexibility index (Phi) is 4.16. The highest BCUT2D eigenvalue weighted by molar-refractivity contribution is 7.09. The van der Waals surface area contributed by atoms with Gasteiger partial charge < -0.3 is 4.90 Å². The van der Waals surface area contributed by atoms with Crippen molar-refractivity contribution < 1.29 is 4.79 Å². The lowest BCUT2D eigenvalue weighted by Crippen LogP contribution is -2.40. The number of carbonyl (C=O) groups excluding carboxylic acids is 1. The van der Waals surface area contributed by atoms with Gasteiger partial charge in [-0.25, -0.2) is 4.98 Å². The molecule has 1 aliphatic carbocycles. The number of likely N-dealkylation sites (tertiary alicyclic amines) is 1. The van der Waals surface area contributed by atoms with E-state index < -0.39 is 0 Å². The molecule has 5 nitrogen and oxygen atoms in total. The minimum absolute atomic E-state index is 0.162. The molecule has 1 aliphatic heterocycles. The SMILES string of the molecule is CCc1csc([C@@H]2CCCN(C(=O)[C@@H]3C[C@H]3c3cnn(C)c3)C2)n1. The van der Waals surface area contributed by atoms with E-state index in [1.165, 1.54) is 16.3 Å². The van der Waals surface area contributed by atoms with Crippen LogP contribution in [0.5, 0.6) is 0 Å². The van der Waals surface area contributed by atoms with E-state index in [2.05, 4.69) is 22.3 Å². The van der Waals surface area contributed by atoms with Crippen LogP contribution in [0.1, 0.15) is 54.3 Å². The maximum absolute atomic E-state index is 12.9. The Morgan fingerprint density at radius 1 is 1.46 bits per heavy atom. The number of hydrogen-bond acceptors (Lipinski definition) is 4. The third-order valence-electron chi connectivity index (χ3n) is 5.27. The number of hydrogen-bond donors (Lipinski definition) is 0. The van der Waals surface area contributed by atoms with Gasteiger partial charge in [-0.3, -0.25) is 9.48 Å². The van der Waals surface area contributed by atoms with Crippen LogP contribution in [0, 0.1) is 5.92 Å². The van der Waals surface area contributed by atoms with Crippen LogP contribution in [-0.2, 0) is 18.3 Å². The van der Waals surface area contributed by atoms with E-state index in [1.807, 2.05) is 24.1 Å². The molecule has 128 valence electrons. The molecule has 2 aromatic rings. The Hall–Kier alpha value is -1.69. The number of rotatable bonds is 4. The average Bonchev–Trinajstić information content (AvgIpc) is 3.04. The van der Waals surface area contributed by atoms with E-state index in [0.29, 0.717) is 17.7 Å². The average molecular weight is 344 g/mol. The summed E-state index contributed by atoms with van der Waals surface area (Å²) >= 11 is 1.76. The molecule has 2 aromatic heterocycles. The monoisotopic (exact) mass is 344 g/mol. The molecule has 3 atom stereocenters. The third-order valence-corrected chi connectivity index (χ3v) is 6.33. The van der Waals surface area contributed by atoms with Crippen molar-refractivity contribution in [2.24, 2.45) is 13.0 Å². The first-order valence-corrected chi connectivity index (χ1v) is 9.75. The maximum atomic E-state index is 12.9. The smallest absolute Gasteiger partial charge is 0.226 e. The van der Waals surface area contributed by atoms with E-state index in [4.69, 9.17) is 4.98 Å². The van der Waals surface area contributed by atoms with Crippen molar-refractivity contribution in [3.8, 4) is 0 Å². The summed E-state index contributed by atoms with van der Waals surface area (Å²) < 4.78 is 1.82. The molecule has 0 aromatic carbocycles. The molecular formula is C18H24N4OS. The predicted molar refractivity (Wildman–Crippen MR) is 94.1 cm³/mol. The van der Waals surface area contributed by atoms with Crippen molar-refractivity contribution in [1.82, 2.24) is 19.7 Å². The van der Waals surface area contributed by atoms with Crippen molar-refractivity contribution in [2.75, 3.05) is 13.1 Å². The fraction of sp³-hybridized carbons (Fsp3) is 0.611. The van der Waals surface area contributed by atoms with Crippen molar-refractivity contribution >= 4 is 17.2 Å². The molecule has 4 rings (SSSR count). The number of amides is 1. The van der Waals surface area contributed by atoms with Crippen LogP contribution in [0.25, 0.3) is 0 Å². The molecule has 1 amide bonds. The lowest BCUT2D eigenvalue weighted by molar-refractivity contribution is -0.133. The summed E-state index contributed by atoms with van der Waals surface area (Å²) in [5.74, 6) is 1.29. The number of carbonyl (C=O) groups is 1. The highest BCUT2D eigenvalue weighted by Crippen LogP contribution is 2.48. The summed E-state index contributed by atoms with van der Waals surface area (Å²) in [5.41, 5.74) is 2.38. The molecule has 1 saturated heterocycles. The zero-order valence-corrected chi connectivity index (χ0v) is 15.1. The van der Waals surface area contributed by atoms with Crippen molar-refractivity contribution in [1.29, 1.82) is 0 Å². The standard InChI is InChI=1S/C18H24N4OS/c1-3-14-11-24-17(20-14)12-5-4-6-22(10-12)18(23)16-7-15(16)13-8-19-21(2)9-13/h8-9,11-12,15-16H,3-7,10H2,1-2H3/t12-,15+,16-/m1/s1. The van der Waals surface area contributed by atoms with Crippen LogP contribution in [0.3, 0.4) is 0 Å². The van der Waals surface area contributed by atoms with Gasteiger partial charge in [0.1, 0.15) is 0 Å². The van der Waals surface area contributed by atoms with Crippen LogP contribution in [0.15, 0.2) is 17.8 Å². The summed E-state index contributed by atoms with van der Waals surface area (Å²) in [5, 5.41) is 7.61. The van der Waals surface area contributed by atoms with Gasteiger partial charge in [-0.05, 0) is 37.2 Å². The maximum Gasteiger partial charge on any atom is 0.226 e. The third kappa shape index (κ3) is 2.99. The minimum Gasteiger partial charge on any atom is -0.342 e. The Morgan fingerprint density at radius 2 is 2.33 bits per heavy atom. The first-order chi connectivity index (χ1) is 11.7. The fourth-order valence-corrected chi connectivity index (χ4v) is 4.78. The molecule has 2 fully saturated rings. The second-order valence-electron chi connectivity index (χ2n) is 7.05. The zero-order chi connectivity index (χ0) is 16.7. The fourth-order valence-electron chi connectivity index (χ4n) is 3.75. The Labute approximate surface area is 146 Å². The van der Waals surface area contributed by atoms with Gasteiger partial charge in [0, 0.05) is 43.5 Å². The number of thiazole rings is 1. The highest BCUT2D eigenvalue weighted by atomic mass is 32.1. The second-order valence-corrected chi connectivity index (χ2v) is 7.94. The van der Waals surface area contributed by atoms with E-state index in [1.54, 1.807) is 11.3 Å². The Balaban J connectivity index is 1.40. The van der Waals surface area contributed by atoms with Gasteiger partial charge in [0.05, 0.1) is 16.9 Å². The lowest BCUT2D eigenvalue weighted by atomic mass is 9.98. The summed E-state index contributed by atoms with van der Waals surface area (Å²) in [6.45, 7) is 3.88. The van der Waals surface area contributed by atoms with Crippen LogP contribution >= 0.6 is 11.3 Å². The molecule has 6 heteroatoms.